The van der Waals surface area contributed by atoms with Crippen LogP contribution in [0.3, 0.4) is 0 Å². The van der Waals surface area contributed by atoms with Gasteiger partial charge in [0.15, 0.2) is 6.29 Å². The standard InChI is InChI=1S/C15H19NO3/c1-3-18-15(19-4-2)14(17)12-9-5-7-11-8-6-10-16-13(11)12/h5-10,14-15,17H,3-4H2,1-2H3. The summed E-state index contributed by atoms with van der Waals surface area (Å²) in [4.78, 5) is 4.33. The minimum Gasteiger partial charge on any atom is -0.383 e. The van der Waals surface area contributed by atoms with Crippen molar-refractivity contribution in [1.29, 1.82) is 0 Å². The quantitative estimate of drug-likeness (QED) is 0.812. The van der Waals surface area contributed by atoms with Crippen LogP contribution in [0.25, 0.3) is 10.9 Å². The van der Waals surface area contributed by atoms with Crippen LogP contribution in [0.5, 0.6) is 0 Å². The largest absolute Gasteiger partial charge is 0.383 e. The Balaban J connectivity index is 2.36. The number of ether oxygens (including phenoxy) is 2. The zero-order valence-electron chi connectivity index (χ0n) is 11.2. The van der Waals surface area contributed by atoms with Gasteiger partial charge in [0.05, 0.1) is 5.52 Å². The molecule has 0 amide bonds. The van der Waals surface area contributed by atoms with E-state index in [1.807, 2.05) is 44.2 Å². The maximum Gasteiger partial charge on any atom is 0.187 e. The Bertz CT molecular complexity index is 518. The molecule has 1 heterocycles. The number of aliphatic hydroxyl groups excluding tert-OH is 1. The summed E-state index contributed by atoms with van der Waals surface area (Å²) in [5, 5.41) is 11.4. The molecule has 1 N–H and O–H groups in total. The summed E-state index contributed by atoms with van der Waals surface area (Å²) in [5.74, 6) is 0. The summed E-state index contributed by atoms with van der Waals surface area (Å²) in [7, 11) is 0. The zero-order valence-corrected chi connectivity index (χ0v) is 11.2. The van der Waals surface area contributed by atoms with Gasteiger partial charge in [0.1, 0.15) is 6.10 Å². The number of nitrogens with zero attached hydrogens (tertiary/aromatic N) is 1. The second kappa shape index (κ2) is 6.61. The summed E-state index contributed by atoms with van der Waals surface area (Å²) in [5.41, 5.74) is 1.51. The first-order valence-electron chi connectivity index (χ1n) is 6.52. The number of aliphatic hydroxyl groups is 1. The Morgan fingerprint density at radius 1 is 1.11 bits per heavy atom. The fraction of sp³-hybridized carbons (Fsp3) is 0.400. The molecule has 0 aliphatic rings. The van der Waals surface area contributed by atoms with Gasteiger partial charge in [0.2, 0.25) is 0 Å². The zero-order chi connectivity index (χ0) is 13.7. The highest BCUT2D eigenvalue weighted by molar-refractivity contribution is 5.81. The lowest BCUT2D eigenvalue weighted by Gasteiger charge is -2.23. The fourth-order valence-corrected chi connectivity index (χ4v) is 2.07. The molecule has 4 nitrogen and oxygen atoms in total. The van der Waals surface area contributed by atoms with Crippen LogP contribution in [-0.2, 0) is 9.47 Å². The van der Waals surface area contributed by atoms with Gasteiger partial charge in [0, 0.05) is 30.4 Å². The van der Waals surface area contributed by atoms with E-state index >= 15 is 0 Å². The first kappa shape index (κ1) is 13.9. The molecule has 1 aromatic carbocycles. The molecule has 2 rings (SSSR count). The predicted octanol–water partition coefficient (Wildman–Crippen LogP) is 2.67. The van der Waals surface area contributed by atoms with Crippen LogP contribution < -0.4 is 0 Å². The van der Waals surface area contributed by atoms with Crippen molar-refractivity contribution in [1.82, 2.24) is 4.98 Å². The SMILES string of the molecule is CCOC(OCC)C(O)c1cccc2cccnc12. The third-order valence-electron chi connectivity index (χ3n) is 2.90. The van der Waals surface area contributed by atoms with Gasteiger partial charge in [-0.05, 0) is 19.9 Å². The fourth-order valence-electron chi connectivity index (χ4n) is 2.07. The third-order valence-corrected chi connectivity index (χ3v) is 2.90. The Labute approximate surface area is 113 Å². The molecule has 1 atom stereocenters. The smallest absolute Gasteiger partial charge is 0.187 e. The molecule has 1 aromatic heterocycles. The van der Waals surface area contributed by atoms with Gasteiger partial charge in [-0.2, -0.15) is 0 Å². The third kappa shape index (κ3) is 3.10. The molecule has 4 heteroatoms. The minimum absolute atomic E-state index is 0.486. The van der Waals surface area contributed by atoms with Crippen LogP contribution in [0, 0.1) is 0 Å². The second-order valence-corrected chi connectivity index (χ2v) is 4.15. The van der Waals surface area contributed by atoms with Crippen molar-refractivity contribution in [3.63, 3.8) is 0 Å². The molecule has 0 spiro atoms. The Kier molecular flexibility index (Phi) is 4.85. The molecule has 0 radical (unpaired) electrons. The molecule has 1 unspecified atom stereocenters. The lowest BCUT2D eigenvalue weighted by molar-refractivity contribution is -0.191. The first-order chi connectivity index (χ1) is 9.27. The van der Waals surface area contributed by atoms with Gasteiger partial charge in [-0.1, -0.05) is 24.3 Å². The van der Waals surface area contributed by atoms with E-state index in [0.29, 0.717) is 13.2 Å². The number of rotatable bonds is 6. The van der Waals surface area contributed by atoms with E-state index in [0.717, 1.165) is 16.5 Å². The predicted molar refractivity (Wildman–Crippen MR) is 73.7 cm³/mol. The molecule has 2 aromatic rings. The average molecular weight is 261 g/mol. The summed E-state index contributed by atoms with van der Waals surface area (Å²) >= 11 is 0. The van der Waals surface area contributed by atoms with Crippen LogP contribution in [0.1, 0.15) is 25.5 Å². The molecular weight excluding hydrogens is 242 g/mol. The van der Waals surface area contributed by atoms with Crippen LogP contribution in [0.4, 0.5) is 0 Å². The maximum atomic E-state index is 10.5. The maximum absolute atomic E-state index is 10.5. The number of hydrogen-bond donors (Lipinski definition) is 1. The van der Waals surface area contributed by atoms with Crippen LogP contribution in [0.15, 0.2) is 36.5 Å². The normalized spacial score (nSPS) is 13.1. The van der Waals surface area contributed by atoms with E-state index in [1.165, 1.54) is 0 Å². The molecule has 0 saturated heterocycles. The van der Waals surface area contributed by atoms with Crippen molar-refractivity contribution >= 4 is 10.9 Å². The molecule has 0 fully saturated rings. The highest BCUT2D eigenvalue weighted by Crippen LogP contribution is 2.26. The number of pyridine rings is 1. The van der Waals surface area contributed by atoms with Crippen molar-refractivity contribution < 1.29 is 14.6 Å². The van der Waals surface area contributed by atoms with Crippen molar-refractivity contribution in [2.75, 3.05) is 13.2 Å². The number of fused-ring (bicyclic) bond motifs is 1. The molecule has 0 saturated carbocycles. The van der Waals surface area contributed by atoms with Crippen LogP contribution in [0.2, 0.25) is 0 Å². The highest BCUT2D eigenvalue weighted by Gasteiger charge is 2.23. The van der Waals surface area contributed by atoms with Crippen LogP contribution >= 0.6 is 0 Å². The highest BCUT2D eigenvalue weighted by atomic mass is 16.7. The summed E-state index contributed by atoms with van der Waals surface area (Å²) in [6.45, 7) is 4.72. The van der Waals surface area contributed by atoms with Gasteiger partial charge in [-0.25, -0.2) is 0 Å². The van der Waals surface area contributed by atoms with E-state index in [1.54, 1.807) is 6.20 Å². The average Bonchev–Trinajstić information content (AvgIpc) is 2.46. The van der Waals surface area contributed by atoms with Gasteiger partial charge < -0.3 is 14.6 Å². The number of aromatic nitrogens is 1. The van der Waals surface area contributed by atoms with Gasteiger partial charge in [0.25, 0.3) is 0 Å². The van der Waals surface area contributed by atoms with Crippen molar-refractivity contribution in [2.24, 2.45) is 0 Å². The molecule has 0 aliphatic heterocycles. The van der Waals surface area contributed by atoms with Gasteiger partial charge >= 0.3 is 0 Å². The first-order valence-corrected chi connectivity index (χ1v) is 6.52. The van der Waals surface area contributed by atoms with E-state index in [9.17, 15) is 5.11 Å². The van der Waals surface area contributed by atoms with E-state index in [4.69, 9.17) is 9.47 Å². The van der Waals surface area contributed by atoms with Gasteiger partial charge in [-0.15, -0.1) is 0 Å². The lowest BCUT2D eigenvalue weighted by atomic mass is 10.0. The topological polar surface area (TPSA) is 51.6 Å². The molecule has 0 aliphatic carbocycles. The second-order valence-electron chi connectivity index (χ2n) is 4.15. The van der Waals surface area contributed by atoms with E-state index in [-0.39, 0.29) is 0 Å². The molecular formula is C15H19NO3. The van der Waals surface area contributed by atoms with E-state index in [2.05, 4.69) is 4.98 Å². The van der Waals surface area contributed by atoms with Crippen molar-refractivity contribution in [3.8, 4) is 0 Å². The molecule has 19 heavy (non-hydrogen) atoms. The van der Waals surface area contributed by atoms with Crippen molar-refractivity contribution in [3.05, 3.63) is 42.1 Å². The summed E-state index contributed by atoms with van der Waals surface area (Å²) in [6.07, 6.45) is 0.204. The Morgan fingerprint density at radius 2 is 1.79 bits per heavy atom. The monoisotopic (exact) mass is 261 g/mol. The minimum atomic E-state index is -0.849. The lowest BCUT2D eigenvalue weighted by Crippen LogP contribution is -2.26. The summed E-state index contributed by atoms with van der Waals surface area (Å²) in [6, 6.07) is 9.56. The van der Waals surface area contributed by atoms with E-state index < -0.39 is 12.4 Å². The molecule has 102 valence electrons. The Hall–Kier alpha value is -1.49. The van der Waals surface area contributed by atoms with Crippen LogP contribution in [-0.4, -0.2) is 29.6 Å². The van der Waals surface area contributed by atoms with Crippen molar-refractivity contribution in [2.45, 2.75) is 26.2 Å². The Morgan fingerprint density at radius 3 is 2.47 bits per heavy atom. The van der Waals surface area contributed by atoms with Gasteiger partial charge in [-0.3, -0.25) is 4.98 Å². The molecule has 0 bridgehead atoms. The number of para-hydroxylation sites is 1. The number of hydrogen-bond acceptors (Lipinski definition) is 4. The summed E-state index contributed by atoms with van der Waals surface area (Å²) < 4.78 is 10.9. The number of benzene rings is 1.